The second-order valence-corrected chi connectivity index (χ2v) is 13.1. The van der Waals surface area contributed by atoms with Crippen LogP contribution >= 0.6 is 0 Å². The normalized spacial score (nSPS) is 15.4. The summed E-state index contributed by atoms with van der Waals surface area (Å²) >= 11 is 0. The molecule has 0 radical (unpaired) electrons. The van der Waals surface area contributed by atoms with E-state index in [1.54, 1.807) is 0 Å². The molecule has 3 nitrogen and oxygen atoms in total. The molecule has 1 aliphatic heterocycles. The number of nitrogens with zero attached hydrogens (tertiary/aromatic N) is 1. The van der Waals surface area contributed by atoms with Gasteiger partial charge < -0.3 is 9.64 Å². The number of esters is 1. The van der Waals surface area contributed by atoms with Crippen LogP contribution in [0.15, 0.2) is 36.5 Å². The minimum absolute atomic E-state index is 0.0299. The second kappa shape index (κ2) is 30.7. The number of carbonyl (C=O) groups excluding carboxylic acids is 1. The third-order valence-corrected chi connectivity index (χ3v) is 9.06. The van der Waals surface area contributed by atoms with E-state index >= 15 is 0 Å². The van der Waals surface area contributed by atoms with Crippen molar-refractivity contribution >= 4 is 5.97 Å². The van der Waals surface area contributed by atoms with Crippen molar-refractivity contribution in [3.63, 3.8) is 0 Å². The van der Waals surface area contributed by atoms with Crippen molar-refractivity contribution in [1.82, 2.24) is 4.90 Å². The molecule has 0 spiro atoms. The molecule has 1 aliphatic rings. The van der Waals surface area contributed by atoms with Gasteiger partial charge in [0.2, 0.25) is 0 Å². The highest BCUT2D eigenvalue weighted by atomic mass is 16.5. The van der Waals surface area contributed by atoms with Crippen LogP contribution in [0.3, 0.4) is 0 Å². The Kier molecular flexibility index (Phi) is 28.3. The highest BCUT2D eigenvalue weighted by molar-refractivity contribution is 5.69. The van der Waals surface area contributed by atoms with Crippen molar-refractivity contribution in [2.45, 2.75) is 187 Å². The van der Waals surface area contributed by atoms with Gasteiger partial charge in [0.15, 0.2) is 0 Å². The molecule has 1 fully saturated rings. The molecule has 0 aromatic rings. The number of rotatable bonds is 29. The Morgan fingerprint density at radius 1 is 0.581 bits per heavy atom. The van der Waals surface area contributed by atoms with Crippen LogP contribution in [0.5, 0.6) is 0 Å². The van der Waals surface area contributed by atoms with Crippen LogP contribution in [0, 0.1) is 5.92 Å². The molecule has 1 saturated heterocycles. The summed E-state index contributed by atoms with van der Waals surface area (Å²) in [6.07, 6.45) is 44.4. The van der Waals surface area contributed by atoms with E-state index in [0.717, 1.165) is 64.6 Å². The molecule has 1 rings (SSSR count). The van der Waals surface area contributed by atoms with Crippen molar-refractivity contribution in [3.8, 4) is 0 Å². The number of hydrogen-bond donors (Lipinski definition) is 0. The smallest absolute Gasteiger partial charge is 0.307 e. The molecule has 1 heterocycles. The lowest BCUT2D eigenvalue weighted by Crippen LogP contribution is -2.33. The maximum atomic E-state index is 13.2. The van der Waals surface area contributed by atoms with Gasteiger partial charge in [-0.25, -0.2) is 0 Å². The summed E-state index contributed by atoms with van der Waals surface area (Å²) in [5, 5.41) is 0. The molecule has 0 bridgehead atoms. The fourth-order valence-electron chi connectivity index (χ4n) is 6.24. The number of likely N-dealkylation sites (tertiary alicyclic amines) is 1. The molecule has 0 N–H and O–H groups in total. The van der Waals surface area contributed by atoms with Crippen LogP contribution in [0.25, 0.3) is 0 Å². The lowest BCUT2D eigenvalue weighted by Gasteiger charge is -2.29. The van der Waals surface area contributed by atoms with Gasteiger partial charge in [-0.3, -0.25) is 4.79 Å². The van der Waals surface area contributed by atoms with Gasteiger partial charge in [-0.1, -0.05) is 102 Å². The third-order valence-electron chi connectivity index (χ3n) is 9.06. The Morgan fingerprint density at radius 2 is 1.00 bits per heavy atom. The van der Waals surface area contributed by atoms with Gasteiger partial charge in [-0.05, 0) is 128 Å². The Bertz CT molecular complexity index is 665. The molecule has 250 valence electrons. The summed E-state index contributed by atoms with van der Waals surface area (Å²) in [5.41, 5.74) is 0. The van der Waals surface area contributed by atoms with Crippen molar-refractivity contribution in [2.24, 2.45) is 5.92 Å². The number of ether oxygens (including phenoxy) is 1. The largest absolute Gasteiger partial charge is 0.462 e. The fraction of sp³-hybridized carbons (Fsp3) is 0.825. The summed E-state index contributed by atoms with van der Waals surface area (Å²) in [6.45, 7) is 9.95. The van der Waals surface area contributed by atoms with E-state index in [4.69, 9.17) is 4.74 Å². The standard InChI is InChI=1S/C40H73NO2/c1-4-7-10-13-16-19-22-26-31-38(32-27-23-20-17-14-11-8-5-2)39(33-28-24-21-18-15-12-9-6-3)43-40(42)34-37-41-35-29-25-30-36-41/h16-21,38-39H,4-15,22-37H2,1-3H3/b19-16-,20-17-,21-18-. The van der Waals surface area contributed by atoms with Crippen molar-refractivity contribution < 1.29 is 9.53 Å². The number of carbonyl (C=O) groups is 1. The van der Waals surface area contributed by atoms with Crippen molar-refractivity contribution in [1.29, 1.82) is 0 Å². The van der Waals surface area contributed by atoms with E-state index in [1.165, 1.54) is 109 Å². The number of allylic oxidation sites excluding steroid dienone is 6. The first-order valence-corrected chi connectivity index (χ1v) is 19.1. The summed E-state index contributed by atoms with van der Waals surface area (Å²) in [7, 11) is 0. The highest BCUT2D eigenvalue weighted by Crippen LogP contribution is 2.27. The van der Waals surface area contributed by atoms with E-state index in [9.17, 15) is 4.79 Å². The van der Waals surface area contributed by atoms with Crippen LogP contribution in [0.4, 0.5) is 0 Å². The van der Waals surface area contributed by atoms with Gasteiger partial charge in [0.1, 0.15) is 6.10 Å². The first-order valence-electron chi connectivity index (χ1n) is 19.1. The number of piperidine rings is 1. The first kappa shape index (κ1) is 39.7. The van der Waals surface area contributed by atoms with Crippen molar-refractivity contribution in [2.75, 3.05) is 19.6 Å². The molecule has 0 saturated carbocycles. The zero-order chi connectivity index (χ0) is 31.1. The van der Waals surface area contributed by atoms with Gasteiger partial charge in [0.05, 0.1) is 6.42 Å². The zero-order valence-electron chi connectivity index (χ0n) is 29.2. The summed E-state index contributed by atoms with van der Waals surface area (Å²) < 4.78 is 6.38. The summed E-state index contributed by atoms with van der Waals surface area (Å²) in [6, 6.07) is 0. The fourth-order valence-corrected chi connectivity index (χ4v) is 6.24. The molecule has 43 heavy (non-hydrogen) atoms. The Labute approximate surface area is 269 Å². The lowest BCUT2D eigenvalue weighted by molar-refractivity contribution is -0.153. The molecule has 0 aromatic heterocycles. The van der Waals surface area contributed by atoms with Crippen LogP contribution in [0.1, 0.15) is 181 Å². The van der Waals surface area contributed by atoms with Gasteiger partial charge in [-0.15, -0.1) is 0 Å². The predicted molar refractivity (Wildman–Crippen MR) is 190 cm³/mol. The molecular weight excluding hydrogens is 526 g/mol. The Morgan fingerprint density at radius 3 is 1.44 bits per heavy atom. The molecule has 0 aliphatic carbocycles. The van der Waals surface area contributed by atoms with Crippen LogP contribution in [-0.4, -0.2) is 36.6 Å². The maximum absolute atomic E-state index is 13.2. The average molecular weight is 600 g/mol. The van der Waals surface area contributed by atoms with Crippen LogP contribution in [0.2, 0.25) is 0 Å². The minimum atomic E-state index is 0.0299. The molecule has 3 heteroatoms. The van der Waals surface area contributed by atoms with E-state index in [-0.39, 0.29) is 12.1 Å². The Balaban J connectivity index is 2.74. The maximum Gasteiger partial charge on any atom is 0.307 e. The van der Waals surface area contributed by atoms with Crippen molar-refractivity contribution in [3.05, 3.63) is 36.5 Å². The monoisotopic (exact) mass is 600 g/mol. The molecule has 1 atom stereocenters. The number of unbranched alkanes of at least 4 members (excludes halogenated alkanes) is 12. The van der Waals surface area contributed by atoms with Gasteiger partial charge >= 0.3 is 5.97 Å². The SMILES string of the molecule is CCCCC/C=C\CCCC(CCC/C=C\CCCCC)C(CCC/C=C\CCCCC)OC(=O)CCN1CCCCC1. The number of hydrogen-bond acceptors (Lipinski definition) is 3. The molecule has 1 unspecified atom stereocenters. The van der Waals surface area contributed by atoms with Crippen LogP contribution < -0.4 is 0 Å². The third kappa shape index (κ3) is 24.6. The van der Waals surface area contributed by atoms with Gasteiger partial charge in [0, 0.05) is 6.54 Å². The topological polar surface area (TPSA) is 29.5 Å². The van der Waals surface area contributed by atoms with E-state index in [1.807, 2.05) is 0 Å². The van der Waals surface area contributed by atoms with E-state index < -0.39 is 0 Å². The van der Waals surface area contributed by atoms with E-state index in [2.05, 4.69) is 62.1 Å². The average Bonchev–Trinajstić information content (AvgIpc) is 3.02. The molecular formula is C40H73NO2. The molecule has 0 aromatic carbocycles. The summed E-state index contributed by atoms with van der Waals surface area (Å²) in [4.78, 5) is 15.6. The van der Waals surface area contributed by atoms with Gasteiger partial charge in [-0.2, -0.15) is 0 Å². The molecule has 0 amide bonds. The predicted octanol–water partition coefficient (Wildman–Crippen LogP) is 12.3. The highest BCUT2D eigenvalue weighted by Gasteiger charge is 2.25. The minimum Gasteiger partial charge on any atom is -0.462 e. The zero-order valence-corrected chi connectivity index (χ0v) is 29.2. The lowest BCUT2D eigenvalue weighted by atomic mass is 9.87. The van der Waals surface area contributed by atoms with E-state index in [0.29, 0.717) is 12.3 Å². The quantitative estimate of drug-likeness (QED) is 0.0486. The Hall–Kier alpha value is -1.35. The van der Waals surface area contributed by atoms with Gasteiger partial charge in [0.25, 0.3) is 0 Å². The second-order valence-electron chi connectivity index (χ2n) is 13.1. The first-order chi connectivity index (χ1) is 21.2. The summed E-state index contributed by atoms with van der Waals surface area (Å²) in [5.74, 6) is 0.497. The van der Waals surface area contributed by atoms with Crippen LogP contribution in [-0.2, 0) is 9.53 Å².